The van der Waals surface area contributed by atoms with Gasteiger partial charge in [0.1, 0.15) is 11.5 Å². The van der Waals surface area contributed by atoms with Crippen LogP contribution < -0.4 is 5.32 Å². The Bertz CT molecular complexity index is 606. The van der Waals surface area contributed by atoms with Crippen molar-refractivity contribution in [2.45, 2.75) is 13.0 Å². The molecule has 0 radical (unpaired) electrons. The first kappa shape index (κ1) is 15.3. The van der Waals surface area contributed by atoms with E-state index in [-0.39, 0.29) is 17.5 Å². The van der Waals surface area contributed by atoms with Gasteiger partial charge in [0.25, 0.3) is 0 Å². The minimum atomic E-state index is -0.368. The second-order valence-corrected chi connectivity index (χ2v) is 6.05. The summed E-state index contributed by atoms with van der Waals surface area (Å²) in [6, 6.07) is 7.66. The van der Waals surface area contributed by atoms with E-state index in [0.717, 1.165) is 4.47 Å². The van der Waals surface area contributed by atoms with Gasteiger partial charge in [0.05, 0.1) is 27.3 Å². The normalized spacial score (nSPS) is 12.2. The van der Waals surface area contributed by atoms with Gasteiger partial charge in [-0.1, -0.05) is 45.2 Å². The molecule has 0 aliphatic rings. The molecule has 0 spiro atoms. The summed E-state index contributed by atoms with van der Waals surface area (Å²) >= 11 is 15.6. The molecule has 2 aromatic rings. The fraction of sp³-hybridized carbons (Fsp3) is 0.143. The smallest absolute Gasteiger partial charge is 0.124 e. The fourth-order valence-electron chi connectivity index (χ4n) is 1.95. The molecule has 0 saturated carbocycles. The Morgan fingerprint density at radius 2 is 1.60 bits per heavy atom. The molecule has 0 amide bonds. The Hall–Kier alpha value is -1.10. The van der Waals surface area contributed by atoms with Crippen LogP contribution >= 0.6 is 39.1 Å². The number of phenols is 2. The third kappa shape index (κ3) is 3.14. The minimum Gasteiger partial charge on any atom is -0.507 e. The summed E-state index contributed by atoms with van der Waals surface area (Å²) in [6.07, 6.45) is 0. The Morgan fingerprint density at radius 3 is 2.10 bits per heavy atom. The van der Waals surface area contributed by atoms with Crippen LogP contribution in [-0.4, -0.2) is 10.2 Å². The van der Waals surface area contributed by atoms with Crippen LogP contribution in [-0.2, 0) is 0 Å². The SMILES string of the molecule is CC(Nc1c(Cl)cc(Br)cc1Cl)c1c(O)cccc1O. The molecular formula is C14H12BrCl2NO2. The number of halogens is 3. The monoisotopic (exact) mass is 375 g/mol. The largest absolute Gasteiger partial charge is 0.507 e. The predicted octanol–water partition coefficient (Wildman–Crippen LogP) is 5.34. The first-order valence-corrected chi connectivity index (χ1v) is 7.37. The van der Waals surface area contributed by atoms with Crippen molar-refractivity contribution in [3.8, 4) is 11.5 Å². The van der Waals surface area contributed by atoms with Gasteiger partial charge in [0.2, 0.25) is 0 Å². The zero-order valence-corrected chi connectivity index (χ0v) is 13.6. The number of anilines is 1. The number of phenolic OH excluding ortho intramolecular Hbond substituents is 2. The molecule has 3 N–H and O–H groups in total. The van der Waals surface area contributed by atoms with Crippen LogP contribution in [0.3, 0.4) is 0 Å². The molecule has 0 heterocycles. The summed E-state index contributed by atoms with van der Waals surface area (Å²) in [5, 5.41) is 23.7. The van der Waals surface area contributed by atoms with Crippen LogP contribution in [0.5, 0.6) is 11.5 Å². The van der Waals surface area contributed by atoms with Gasteiger partial charge < -0.3 is 15.5 Å². The van der Waals surface area contributed by atoms with E-state index in [2.05, 4.69) is 21.2 Å². The van der Waals surface area contributed by atoms with Gasteiger partial charge in [-0.2, -0.15) is 0 Å². The van der Waals surface area contributed by atoms with E-state index in [4.69, 9.17) is 23.2 Å². The first-order chi connectivity index (χ1) is 9.40. The van der Waals surface area contributed by atoms with E-state index in [1.807, 2.05) is 0 Å². The van der Waals surface area contributed by atoms with E-state index in [1.165, 1.54) is 12.1 Å². The summed E-state index contributed by atoms with van der Waals surface area (Å²) in [5.74, 6) is 0.0173. The van der Waals surface area contributed by atoms with E-state index in [9.17, 15) is 10.2 Å². The Balaban J connectivity index is 2.35. The van der Waals surface area contributed by atoms with E-state index in [0.29, 0.717) is 21.3 Å². The van der Waals surface area contributed by atoms with E-state index in [1.54, 1.807) is 25.1 Å². The van der Waals surface area contributed by atoms with Crippen LogP contribution in [0.1, 0.15) is 18.5 Å². The molecule has 1 unspecified atom stereocenters. The van der Waals surface area contributed by atoms with Crippen molar-refractivity contribution in [3.63, 3.8) is 0 Å². The zero-order chi connectivity index (χ0) is 14.9. The molecule has 1 atom stereocenters. The van der Waals surface area contributed by atoms with Gasteiger partial charge in [-0.15, -0.1) is 0 Å². The van der Waals surface area contributed by atoms with Crippen LogP contribution in [0.25, 0.3) is 0 Å². The minimum absolute atomic E-state index is 0.00866. The van der Waals surface area contributed by atoms with Crippen LogP contribution in [0, 0.1) is 0 Å². The molecule has 2 aromatic carbocycles. The van der Waals surface area contributed by atoms with Crippen molar-refractivity contribution in [2.24, 2.45) is 0 Å². The topological polar surface area (TPSA) is 52.5 Å². The van der Waals surface area contributed by atoms with Gasteiger partial charge in [-0.3, -0.25) is 0 Å². The van der Waals surface area contributed by atoms with Crippen molar-refractivity contribution >= 4 is 44.8 Å². The quantitative estimate of drug-likeness (QED) is 0.677. The molecule has 0 bridgehead atoms. The van der Waals surface area contributed by atoms with Crippen molar-refractivity contribution in [1.29, 1.82) is 0 Å². The Labute approximate surface area is 135 Å². The average molecular weight is 377 g/mol. The van der Waals surface area contributed by atoms with Gasteiger partial charge in [-0.25, -0.2) is 0 Å². The lowest BCUT2D eigenvalue weighted by Gasteiger charge is -2.20. The van der Waals surface area contributed by atoms with Gasteiger partial charge in [0.15, 0.2) is 0 Å². The average Bonchev–Trinajstić information content (AvgIpc) is 2.33. The summed E-state index contributed by atoms with van der Waals surface area (Å²) < 4.78 is 0.774. The van der Waals surface area contributed by atoms with E-state index < -0.39 is 0 Å². The Kier molecular flexibility index (Phi) is 4.68. The highest BCUT2D eigenvalue weighted by Gasteiger charge is 2.17. The molecule has 20 heavy (non-hydrogen) atoms. The molecular weight excluding hydrogens is 365 g/mol. The molecule has 6 heteroatoms. The van der Waals surface area contributed by atoms with Crippen LogP contribution in [0.15, 0.2) is 34.8 Å². The maximum atomic E-state index is 9.85. The van der Waals surface area contributed by atoms with Crippen molar-refractivity contribution in [1.82, 2.24) is 0 Å². The highest BCUT2D eigenvalue weighted by atomic mass is 79.9. The van der Waals surface area contributed by atoms with Crippen molar-refractivity contribution in [2.75, 3.05) is 5.32 Å². The zero-order valence-electron chi connectivity index (χ0n) is 10.5. The number of nitrogens with one attached hydrogen (secondary N) is 1. The molecule has 0 aliphatic carbocycles. The van der Waals surface area contributed by atoms with E-state index >= 15 is 0 Å². The summed E-state index contributed by atoms with van der Waals surface area (Å²) in [4.78, 5) is 0. The summed E-state index contributed by atoms with van der Waals surface area (Å²) in [5.41, 5.74) is 0.939. The maximum absolute atomic E-state index is 9.85. The first-order valence-electron chi connectivity index (χ1n) is 5.82. The summed E-state index contributed by atoms with van der Waals surface area (Å²) in [7, 11) is 0. The van der Waals surface area contributed by atoms with Crippen LogP contribution in [0.4, 0.5) is 5.69 Å². The lowest BCUT2D eigenvalue weighted by atomic mass is 10.1. The number of aromatic hydroxyl groups is 2. The molecule has 3 nitrogen and oxygen atoms in total. The third-order valence-corrected chi connectivity index (χ3v) is 3.91. The lowest BCUT2D eigenvalue weighted by molar-refractivity contribution is 0.434. The third-order valence-electron chi connectivity index (χ3n) is 2.86. The second-order valence-electron chi connectivity index (χ2n) is 4.32. The number of hydrogen-bond donors (Lipinski definition) is 3. The molecule has 2 rings (SSSR count). The Morgan fingerprint density at radius 1 is 1.10 bits per heavy atom. The summed E-state index contributed by atoms with van der Waals surface area (Å²) in [6.45, 7) is 1.80. The molecule has 0 aliphatic heterocycles. The fourth-order valence-corrected chi connectivity index (χ4v) is 3.27. The van der Waals surface area contributed by atoms with Crippen LogP contribution in [0.2, 0.25) is 10.0 Å². The number of benzene rings is 2. The second kappa shape index (κ2) is 6.12. The molecule has 0 fully saturated rings. The van der Waals surface area contributed by atoms with Gasteiger partial charge in [0, 0.05) is 4.47 Å². The molecule has 0 saturated heterocycles. The van der Waals surface area contributed by atoms with Gasteiger partial charge in [-0.05, 0) is 31.2 Å². The highest BCUT2D eigenvalue weighted by molar-refractivity contribution is 9.10. The molecule has 0 aromatic heterocycles. The van der Waals surface area contributed by atoms with Crippen molar-refractivity contribution in [3.05, 3.63) is 50.4 Å². The predicted molar refractivity (Wildman–Crippen MR) is 86.0 cm³/mol. The highest BCUT2D eigenvalue weighted by Crippen LogP contribution is 2.39. The molecule has 106 valence electrons. The van der Waals surface area contributed by atoms with Gasteiger partial charge >= 0.3 is 0 Å². The maximum Gasteiger partial charge on any atom is 0.124 e. The van der Waals surface area contributed by atoms with Crippen molar-refractivity contribution < 1.29 is 10.2 Å². The lowest BCUT2D eigenvalue weighted by Crippen LogP contribution is -2.08. The number of hydrogen-bond acceptors (Lipinski definition) is 3. The standard InChI is InChI=1S/C14H12BrCl2NO2/c1-7(13-11(19)3-2-4-12(13)20)18-14-9(16)5-8(15)6-10(14)17/h2-7,18-20H,1H3. The number of rotatable bonds is 3.